The minimum Gasteiger partial charge on any atom is -0.495 e. The third-order valence-electron chi connectivity index (χ3n) is 4.46. The molecular formula is C23H16ClNO3S. The highest BCUT2D eigenvalue weighted by Gasteiger charge is 2.41. The SMILES string of the molecule is COc1ccccc1N1C(=O)C(Sc2ccccc2)=C(c2ccc(Cl)cc2)C1=O. The van der Waals surface area contributed by atoms with Gasteiger partial charge in [0.05, 0.1) is 23.3 Å². The van der Waals surface area contributed by atoms with Gasteiger partial charge >= 0.3 is 0 Å². The lowest BCUT2D eigenvalue weighted by molar-refractivity contribution is -0.119. The number of hydrogen-bond acceptors (Lipinski definition) is 4. The van der Waals surface area contributed by atoms with Crippen LogP contribution in [-0.2, 0) is 9.59 Å². The number of amides is 2. The van der Waals surface area contributed by atoms with Crippen LogP contribution in [0.3, 0.4) is 0 Å². The second kappa shape index (κ2) is 8.15. The Morgan fingerprint density at radius 1 is 0.828 bits per heavy atom. The summed E-state index contributed by atoms with van der Waals surface area (Å²) in [6.45, 7) is 0. The van der Waals surface area contributed by atoms with E-state index in [2.05, 4.69) is 0 Å². The number of methoxy groups -OCH3 is 1. The van der Waals surface area contributed by atoms with Crippen LogP contribution in [0.4, 0.5) is 5.69 Å². The first-order valence-electron chi connectivity index (χ1n) is 8.85. The van der Waals surface area contributed by atoms with Crippen LogP contribution >= 0.6 is 23.4 Å². The number of anilines is 1. The first kappa shape index (κ1) is 19.3. The van der Waals surface area contributed by atoms with Crippen LogP contribution in [-0.4, -0.2) is 18.9 Å². The Morgan fingerprint density at radius 2 is 1.48 bits per heavy atom. The van der Waals surface area contributed by atoms with E-state index in [1.807, 2.05) is 30.3 Å². The first-order chi connectivity index (χ1) is 14.1. The third kappa shape index (κ3) is 3.67. The quantitative estimate of drug-likeness (QED) is 0.515. The fourth-order valence-electron chi connectivity index (χ4n) is 3.12. The fourth-order valence-corrected chi connectivity index (χ4v) is 4.26. The number of nitrogens with zero attached hydrogens (tertiary/aromatic N) is 1. The molecule has 1 aliphatic heterocycles. The smallest absolute Gasteiger partial charge is 0.273 e. The van der Waals surface area contributed by atoms with E-state index in [0.717, 1.165) is 4.90 Å². The van der Waals surface area contributed by atoms with Crippen LogP contribution in [0, 0.1) is 0 Å². The molecule has 1 heterocycles. The van der Waals surface area contributed by atoms with Crippen molar-refractivity contribution in [1.82, 2.24) is 0 Å². The Morgan fingerprint density at radius 3 is 2.17 bits per heavy atom. The van der Waals surface area contributed by atoms with Crippen molar-refractivity contribution in [3.8, 4) is 5.75 Å². The summed E-state index contributed by atoms with van der Waals surface area (Å²) in [7, 11) is 1.51. The number of thioether (sulfide) groups is 1. The van der Waals surface area contributed by atoms with E-state index in [9.17, 15) is 9.59 Å². The number of benzene rings is 3. The van der Waals surface area contributed by atoms with Crippen molar-refractivity contribution in [3.05, 3.63) is 94.4 Å². The summed E-state index contributed by atoms with van der Waals surface area (Å²) in [6, 6.07) is 23.4. The molecule has 0 aliphatic carbocycles. The molecule has 0 saturated heterocycles. The Kier molecular flexibility index (Phi) is 5.43. The van der Waals surface area contributed by atoms with Gasteiger partial charge in [0.2, 0.25) is 0 Å². The molecule has 0 N–H and O–H groups in total. The molecular weight excluding hydrogens is 406 g/mol. The van der Waals surface area contributed by atoms with Crippen molar-refractivity contribution in [3.63, 3.8) is 0 Å². The molecule has 4 nitrogen and oxygen atoms in total. The predicted octanol–water partition coefficient (Wildman–Crippen LogP) is 5.43. The van der Waals surface area contributed by atoms with Crippen molar-refractivity contribution in [2.75, 3.05) is 12.0 Å². The van der Waals surface area contributed by atoms with E-state index in [-0.39, 0.29) is 11.8 Å². The maximum Gasteiger partial charge on any atom is 0.273 e. The molecule has 1 aliphatic rings. The van der Waals surface area contributed by atoms with Gasteiger partial charge in [-0.2, -0.15) is 0 Å². The van der Waals surface area contributed by atoms with Crippen LogP contribution in [0.2, 0.25) is 5.02 Å². The molecule has 0 aromatic heterocycles. The molecule has 0 spiro atoms. The Bertz CT molecular complexity index is 1110. The van der Waals surface area contributed by atoms with Gasteiger partial charge in [-0.05, 0) is 42.0 Å². The van der Waals surface area contributed by atoms with E-state index in [1.54, 1.807) is 48.5 Å². The Labute approximate surface area is 177 Å². The summed E-state index contributed by atoms with van der Waals surface area (Å²) < 4.78 is 5.38. The van der Waals surface area contributed by atoms with Gasteiger partial charge in [0.25, 0.3) is 11.8 Å². The van der Waals surface area contributed by atoms with Gasteiger partial charge in [-0.1, -0.05) is 65.8 Å². The number of hydrogen-bond donors (Lipinski definition) is 0. The lowest BCUT2D eigenvalue weighted by atomic mass is 10.1. The van der Waals surface area contributed by atoms with E-state index in [0.29, 0.717) is 32.5 Å². The molecule has 2 amide bonds. The summed E-state index contributed by atoms with van der Waals surface area (Å²) in [6.07, 6.45) is 0. The van der Waals surface area contributed by atoms with Crippen molar-refractivity contribution >= 4 is 46.4 Å². The van der Waals surface area contributed by atoms with Gasteiger partial charge in [-0.15, -0.1) is 0 Å². The molecule has 4 rings (SSSR count). The molecule has 0 radical (unpaired) electrons. The van der Waals surface area contributed by atoms with Crippen molar-refractivity contribution in [2.45, 2.75) is 4.90 Å². The van der Waals surface area contributed by atoms with Crippen LogP contribution in [0.5, 0.6) is 5.75 Å². The van der Waals surface area contributed by atoms with Gasteiger partial charge in [0.15, 0.2) is 0 Å². The standard InChI is InChI=1S/C23H16ClNO3S/c1-28-19-10-6-5-9-18(19)25-22(26)20(15-11-13-16(24)14-12-15)21(23(25)27)29-17-7-3-2-4-8-17/h2-14H,1H3. The zero-order valence-corrected chi connectivity index (χ0v) is 17.0. The molecule has 3 aromatic carbocycles. The number of carbonyl (C=O) groups is 2. The molecule has 0 fully saturated rings. The first-order valence-corrected chi connectivity index (χ1v) is 10.0. The summed E-state index contributed by atoms with van der Waals surface area (Å²) in [5, 5.41) is 0.560. The molecule has 0 bridgehead atoms. The molecule has 144 valence electrons. The molecule has 29 heavy (non-hydrogen) atoms. The average molecular weight is 422 g/mol. The fraction of sp³-hybridized carbons (Fsp3) is 0.0435. The topological polar surface area (TPSA) is 46.6 Å². The molecule has 0 saturated carbocycles. The van der Waals surface area contributed by atoms with Crippen LogP contribution < -0.4 is 9.64 Å². The zero-order valence-electron chi connectivity index (χ0n) is 15.5. The lowest BCUT2D eigenvalue weighted by Gasteiger charge is -2.18. The highest BCUT2D eigenvalue weighted by atomic mass is 35.5. The summed E-state index contributed by atoms with van der Waals surface area (Å²) in [4.78, 5) is 29.2. The van der Waals surface area contributed by atoms with Gasteiger partial charge in [0.1, 0.15) is 5.75 Å². The van der Waals surface area contributed by atoms with Crippen LogP contribution in [0.1, 0.15) is 5.56 Å². The van der Waals surface area contributed by atoms with Crippen molar-refractivity contribution < 1.29 is 14.3 Å². The van der Waals surface area contributed by atoms with E-state index >= 15 is 0 Å². The molecule has 0 atom stereocenters. The number of imide groups is 1. The van der Waals surface area contributed by atoms with E-state index in [4.69, 9.17) is 16.3 Å². The highest BCUT2D eigenvalue weighted by molar-refractivity contribution is 8.04. The minimum atomic E-state index is -0.389. The largest absolute Gasteiger partial charge is 0.495 e. The van der Waals surface area contributed by atoms with Crippen LogP contribution in [0.25, 0.3) is 5.57 Å². The summed E-state index contributed by atoms with van der Waals surface area (Å²) in [5.74, 6) is -0.311. The van der Waals surface area contributed by atoms with Crippen molar-refractivity contribution in [1.29, 1.82) is 0 Å². The summed E-state index contributed by atoms with van der Waals surface area (Å²) in [5.41, 5.74) is 1.41. The van der Waals surface area contributed by atoms with Gasteiger partial charge in [-0.25, -0.2) is 4.90 Å². The van der Waals surface area contributed by atoms with Crippen LogP contribution in [0.15, 0.2) is 88.7 Å². The minimum absolute atomic E-state index is 0.353. The van der Waals surface area contributed by atoms with Crippen molar-refractivity contribution in [2.24, 2.45) is 0 Å². The number of para-hydroxylation sites is 2. The number of rotatable bonds is 5. The average Bonchev–Trinajstić information content (AvgIpc) is 2.99. The zero-order chi connectivity index (χ0) is 20.4. The summed E-state index contributed by atoms with van der Waals surface area (Å²) >= 11 is 7.29. The van der Waals surface area contributed by atoms with Gasteiger partial charge in [0, 0.05) is 9.92 Å². The second-order valence-electron chi connectivity index (χ2n) is 6.24. The van der Waals surface area contributed by atoms with Gasteiger partial charge in [-0.3, -0.25) is 9.59 Å². The Hall–Kier alpha value is -3.02. The van der Waals surface area contributed by atoms with E-state index < -0.39 is 0 Å². The van der Waals surface area contributed by atoms with Gasteiger partial charge < -0.3 is 4.74 Å². The third-order valence-corrected chi connectivity index (χ3v) is 5.81. The Balaban J connectivity index is 1.84. The highest BCUT2D eigenvalue weighted by Crippen LogP contribution is 2.43. The van der Waals surface area contributed by atoms with E-state index in [1.165, 1.54) is 23.8 Å². The molecule has 0 unspecified atom stereocenters. The lowest BCUT2D eigenvalue weighted by Crippen LogP contribution is -2.31. The monoisotopic (exact) mass is 421 g/mol. The maximum absolute atomic E-state index is 13.4. The number of ether oxygens (including phenoxy) is 1. The predicted molar refractivity (Wildman–Crippen MR) is 116 cm³/mol. The second-order valence-corrected chi connectivity index (χ2v) is 7.76. The number of carbonyl (C=O) groups excluding carboxylic acids is 2. The molecule has 3 aromatic rings. The molecule has 6 heteroatoms. The maximum atomic E-state index is 13.4. The normalized spacial score (nSPS) is 13.9. The number of halogens is 1.